The van der Waals surface area contributed by atoms with Crippen molar-refractivity contribution >= 4 is 29.3 Å². The minimum absolute atomic E-state index is 0.183. The lowest BCUT2D eigenvalue weighted by Crippen LogP contribution is -2.09. The molecule has 0 saturated carbocycles. The molecule has 0 aliphatic heterocycles. The summed E-state index contributed by atoms with van der Waals surface area (Å²) in [7, 11) is 2.99. The standard InChI is InChI=1S/C14H16ClN3O3S/c1-20-8-7-18-13(10-3-5-11(15)6-4-10)16-17-14(18)22-9-12(19)21-2/h3-6H,7-9H2,1-2H3. The number of ether oxygens (including phenoxy) is 2. The molecule has 1 aromatic carbocycles. The normalized spacial score (nSPS) is 10.7. The summed E-state index contributed by atoms with van der Waals surface area (Å²) >= 11 is 7.19. The van der Waals surface area contributed by atoms with Gasteiger partial charge in [0, 0.05) is 17.7 Å². The second-order valence-corrected chi connectivity index (χ2v) is 5.70. The van der Waals surface area contributed by atoms with Gasteiger partial charge >= 0.3 is 5.97 Å². The number of aromatic nitrogens is 3. The number of rotatable bonds is 7. The van der Waals surface area contributed by atoms with E-state index >= 15 is 0 Å². The van der Waals surface area contributed by atoms with E-state index in [1.165, 1.54) is 18.9 Å². The van der Waals surface area contributed by atoms with Gasteiger partial charge in [0.15, 0.2) is 11.0 Å². The number of esters is 1. The third-order valence-corrected chi connectivity index (χ3v) is 4.08. The lowest BCUT2D eigenvalue weighted by molar-refractivity contribution is -0.137. The van der Waals surface area contributed by atoms with Gasteiger partial charge in [-0.25, -0.2) is 0 Å². The highest BCUT2D eigenvalue weighted by molar-refractivity contribution is 7.99. The number of nitrogens with zero attached hydrogens (tertiary/aromatic N) is 3. The van der Waals surface area contributed by atoms with E-state index in [4.69, 9.17) is 16.3 Å². The molecule has 0 amide bonds. The van der Waals surface area contributed by atoms with Crippen molar-refractivity contribution in [2.24, 2.45) is 0 Å². The van der Waals surface area contributed by atoms with Crippen LogP contribution in [0.4, 0.5) is 0 Å². The van der Waals surface area contributed by atoms with Gasteiger partial charge in [0.2, 0.25) is 0 Å². The fraction of sp³-hybridized carbons (Fsp3) is 0.357. The maximum absolute atomic E-state index is 11.3. The number of thioether (sulfide) groups is 1. The zero-order chi connectivity index (χ0) is 15.9. The van der Waals surface area contributed by atoms with Crippen LogP contribution in [0.2, 0.25) is 5.02 Å². The van der Waals surface area contributed by atoms with Crippen molar-refractivity contribution in [3.05, 3.63) is 29.3 Å². The van der Waals surface area contributed by atoms with Gasteiger partial charge in [-0.2, -0.15) is 0 Å². The van der Waals surface area contributed by atoms with Crippen molar-refractivity contribution in [3.8, 4) is 11.4 Å². The van der Waals surface area contributed by atoms with E-state index in [0.29, 0.717) is 29.2 Å². The average Bonchev–Trinajstić information content (AvgIpc) is 2.94. The summed E-state index contributed by atoms with van der Waals surface area (Å²) in [5.41, 5.74) is 0.901. The minimum Gasteiger partial charge on any atom is -0.468 e. The Kier molecular flexibility index (Phi) is 6.23. The third kappa shape index (κ3) is 4.22. The van der Waals surface area contributed by atoms with Crippen LogP contribution in [-0.2, 0) is 20.8 Å². The minimum atomic E-state index is -0.306. The first kappa shape index (κ1) is 16.8. The van der Waals surface area contributed by atoms with Gasteiger partial charge in [-0.05, 0) is 24.3 Å². The Labute approximate surface area is 137 Å². The monoisotopic (exact) mass is 341 g/mol. The van der Waals surface area contributed by atoms with E-state index in [1.54, 1.807) is 19.2 Å². The fourth-order valence-electron chi connectivity index (χ4n) is 1.77. The average molecular weight is 342 g/mol. The van der Waals surface area contributed by atoms with Crippen molar-refractivity contribution in [1.82, 2.24) is 14.8 Å². The quantitative estimate of drug-likeness (QED) is 0.569. The van der Waals surface area contributed by atoms with Crippen LogP contribution in [0.5, 0.6) is 0 Å². The summed E-state index contributed by atoms with van der Waals surface area (Å²) in [5.74, 6) is 0.586. The van der Waals surface area contributed by atoms with E-state index in [9.17, 15) is 4.79 Å². The summed E-state index contributed by atoms with van der Waals surface area (Å²) in [6.45, 7) is 1.11. The maximum Gasteiger partial charge on any atom is 0.316 e. The molecule has 22 heavy (non-hydrogen) atoms. The van der Waals surface area contributed by atoms with Crippen LogP contribution in [0, 0.1) is 0 Å². The number of halogens is 1. The molecule has 0 N–H and O–H groups in total. The highest BCUT2D eigenvalue weighted by Crippen LogP contribution is 2.25. The van der Waals surface area contributed by atoms with Crippen molar-refractivity contribution < 1.29 is 14.3 Å². The Balaban J connectivity index is 2.27. The Morgan fingerprint density at radius 2 is 2.00 bits per heavy atom. The Hall–Kier alpha value is -1.57. The van der Waals surface area contributed by atoms with E-state index in [0.717, 1.165) is 5.56 Å². The van der Waals surface area contributed by atoms with Crippen LogP contribution in [0.15, 0.2) is 29.4 Å². The molecule has 0 saturated heterocycles. The molecule has 8 heteroatoms. The van der Waals surface area contributed by atoms with Gasteiger partial charge in [-0.15, -0.1) is 10.2 Å². The van der Waals surface area contributed by atoms with Crippen molar-refractivity contribution in [2.75, 3.05) is 26.6 Å². The molecule has 1 aromatic heterocycles. The number of methoxy groups -OCH3 is 2. The molecule has 0 aliphatic carbocycles. The number of carbonyl (C=O) groups is 1. The lowest BCUT2D eigenvalue weighted by Gasteiger charge is -2.09. The van der Waals surface area contributed by atoms with Crippen molar-refractivity contribution in [3.63, 3.8) is 0 Å². The van der Waals surface area contributed by atoms with Crippen LogP contribution in [0.1, 0.15) is 0 Å². The van der Waals surface area contributed by atoms with Gasteiger partial charge in [0.05, 0.1) is 26.0 Å². The lowest BCUT2D eigenvalue weighted by atomic mass is 10.2. The fourth-order valence-corrected chi connectivity index (χ4v) is 2.70. The molecule has 118 valence electrons. The first-order chi connectivity index (χ1) is 10.7. The molecule has 2 rings (SSSR count). The number of hydrogen-bond acceptors (Lipinski definition) is 6. The molecule has 0 spiro atoms. The summed E-state index contributed by atoms with van der Waals surface area (Å²) in [6, 6.07) is 7.36. The van der Waals surface area contributed by atoms with E-state index in [-0.39, 0.29) is 11.7 Å². The van der Waals surface area contributed by atoms with Crippen LogP contribution in [0.3, 0.4) is 0 Å². The molecule has 0 bridgehead atoms. The van der Waals surface area contributed by atoms with Gasteiger partial charge in [-0.3, -0.25) is 9.36 Å². The van der Waals surface area contributed by atoms with Crippen LogP contribution < -0.4 is 0 Å². The van der Waals surface area contributed by atoms with E-state index in [2.05, 4.69) is 14.9 Å². The zero-order valence-corrected chi connectivity index (χ0v) is 13.9. The number of hydrogen-bond donors (Lipinski definition) is 0. The molecule has 2 aromatic rings. The topological polar surface area (TPSA) is 66.2 Å². The summed E-state index contributed by atoms with van der Waals surface area (Å²) < 4.78 is 11.7. The van der Waals surface area contributed by atoms with Crippen LogP contribution in [0.25, 0.3) is 11.4 Å². The van der Waals surface area contributed by atoms with Crippen molar-refractivity contribution in [1.29, 1.82) is 0 Å². The molecule has 0 atom stereocenters. The molecule has 0 fully saturated rings. The maximum atomic E-state index is 11.3. The summed E-state index contributed by atoms with van der Waals surface area (Å²) in [6.07, 6.45) is 0. The van der Waals surface area contributed by atoms with Gasteiger partial charge in [0.1, 0.15) is 0 Å². The Bertz CT molecular complexity index is 631. The Morgan fingerprint density at radius 3 is 2.64 bits per heavy atom. The molecule has 0 radical (unpaired) electrons. The molecular formula is C14H16ClN3O3S. The Morgan fingerprint density at radius 1 is 1.27 bits per heavy atom. The second-order valence-electron chi connectivity index (χ2n) is 4.32. The zero-order valence-electron chi connectivity index (χ0n) is 12.3. The smallest absolute Gasteiger partial charge is 0.316 e. The van der Waals surface area contributed by atoms with Crippen LogP contribution in [-0.4, -0.2) is 47.3 Å². The second kappa shape index (κ2) is 8.17. The van der Waals surface area contributed by atoms with Gasteiger partial charge in [-0.1, -0.05) is 23.4 Å². The highest BCUT2D eigenvalue weighted by atomic mass is 35.5. The van der Waals surface area contributed by atoms with Crippen molar-refractivity contribution in [2.45, 2.75) is 11.7 Å². The number of benzene rings is 1. The summed E-state index contributed by atoms with van der Waals surface area (Å²) in [5, 5.41) is 9.67. The summed E-state index contributed by atoms with van der Waals surface area (Å²) in [4.78, 5) is 11.3. The first-order valence-electron chi connectivity index (χ1n) is 6.53. The number of carbonyl (C=O) groups excluding carboxylic acids is 1. The molecule has 6 nitrogen and oxygen atoms in total. The van der Waals surface area contributed by atoms with E-state index < -0.39 is 0 Å². The van der Waals surface area contributed by atoms with E-state index in [1.807, 2.05) is 16.7 Å². The first-order valence-corrected chi connectivity index (χ1v) is 7.89. The third-order valence-electron chi connectivity index (χ3n) is 2.89. The predicted octanol–water partition coefficient (Wildman–Crippen LogP) is 2.51. The van der Waals surface area contributed by atoms with Gasteiger partial charge in [0.25, 0.3) is 0 Å². The van der Waals surface area contributed by atoms with Gasteiger partial charge < -0.3 is 9.47 Å². The molecule has 0 unspecified atom stereocenters. The molecule has 0 aliphatic rings. The largest absolute Gasteiger partial charge is 0.468 e. The van der Waals surface area contributed by atoms with Crippen LogP contribution >= 0.6 is 23.4 Å². The SMILES string of the molecule is COCCn1c(SCC(=O)OC)nnc1-c1ccc(Cl)cc1. The molecular weight excluding hydrogens is 326 g/mol. The molecule has 1 heterocycles. The highest BCUT2D eigenvalue weighted by Gasteiger charge is 2.15. The predicted molar refractivity (Wildman–Crippen MR) is 85.1 cm³/mol.